The molecule has 1 amide bonds. The highest BCUT2D eigenvalue weighted by Gasteiger charge is 2.33. The number of nitro groups is 1. The lowest BCUT2D eigenvalue weighted by Gasteiger charge is -2.24. The smallest absolute Gasteiger partial charge is 0.406 e. The highest BCUT2D eigenvalue weighted by molar-refractivity contribution is 9.10. The van der Waals surface area contributed by atoms with Crippen LogP contribution in [0.4, 0.5) is 18.9 Å². The molecule has 156 valence electrons. The summed E-state index contributed by atoms with van der Waals surface area (Å²) in [5, 5.41) is 11.1. The minimum Gasteiger partial charge on any atom is -0.496 e. The average molecular weight is 475 g/mol. The van der Waals surface area contributed by atoms with Crippen LogP contribution < -0.4 is 4.74 Å². The molecular formula is C19H18BrF3N2O4. The van der Waals surface area contributed by atoms with Crippen molar-refractivity contribution in [2.24, 2.45) is 0 Å². The highest BCUT2D eigenvalue weighted by atomic mass is 79.9. The molecule has 0 aliphatic rings. The third-order valence-corrected chi connectivity index (χ3v) is 4.74. The summed E-state index contributed by atoms with van der Waals surface area (Å²) in [4.78, 5) is 23.5. The zero-order valence-corrected chi connectivity index (χ0v) is 17.0. The highest BCUT2D eigenvalue weighted by Crippen LogP contribution is 2.27. The van der Waals surface area contributed by atoms with Crippen LogP contribution in [-0.2, 0) is 17.8 Å². The van der Waals surface area contributed by atoms with Gasteiger partial charge in [0, 0.05) is 18.1 Å². The second-order valence-electron chi connectivity index (χ2n) is 6.22. The molecule has 2 aromatic carbocycles. The van der Waals surface area contributed by atoms with Gasteiger partial charge in [0.1, 0.15) is 12.3 Å². The van der Waals surface area contributed by atoms with Gasteiger partial charge in [-0.2, -0.15) is 13.2 Å². The first-order chi connectivity index (χ1) is 13.6. The monoisotopic (exact) mass is 474 g/mol. The van der Waals surface area contributed by atoms with Gasteiger partial charge in [0.05, 0.1) is 23.1 Å². The van der Waals surface area contributed by atoms with E-state index >= 15 is 0 Å². The maximum absolute atomic E-state index is 13.0. The van der Waals surface area contributed by atoms with Crippen molar-refractivity contribution < 1.29 is 27.6 Å². The number of hydrogen-bond acceptors (Lipinski definition) is 4. The van der Waals surface area contributed by atoms with E-state index in [2.05, 4.69) is 15.9 Å². The Hall–Kier alpha value is -2.62. The molecule has 0 bridgehead atoms. The average Bonchev–Trinajstić information content (AvgIpc) is 2.65. The predicted octanol–water partition coefficient (Wildman–Crippen LogP) is 4.89. The van der Waals surface area contributed by atoms with Gasteiger partial charge in [-0.05, 0) is 40.0 Å². The molecule has 0 aliphatic carbocycles. The number of methoxy groups -OCH3 is 1. The van der Waals surface area contributed by atoms with Gasteiger partial charge in [-0.25, -0.2) is 0 Å². The molecule has 0 aliphatic heterocycles. The Labute approximate surface area is 173 Å². The van der Waals surface area contributed by atoms with Crippen LogP contribution in [0.3, 0.4) is 0 Å². The van der Waals surface area contributed by atoms with Crippen molar-refractivity contribution in [3.63, 3.8) is 0 Å². The van der Waals surface area contributed by atoms with Gasteiger partial charge < -0.3 is 9.64 Å². The minimum absolute atomic E-state index is 0.0438. The second-order valence-corrected chi connectivity index (χ2v) is 7.07. The van der Waals surface area contributed by atoms with Gasteiger partial charge in [-0.1, -0.05) is 24.3 Å². The molecule has 2 rings (SSSR count). The maximum Gasteiger partial charge on any atom is 0.406 e. The first kappa shape index (κ1) is 22.7. The number of rotatable bonds is 8. The van der Waals surface area contributed by atoms with E-state index < -0.39 is 30.1 Å². The molecule has 0 spiro atoms. The third-order valence-electron chi connectivity index (χ3n) is 4.12. The van der Waals surface area contributed by atoms with Crippen LogP contribution in [0.2, 0.25) is 0 Å². The SMILES string of the molecule is COc1ccc(CCC(=O)N(Cc2ccccc2[N+](=O)[O-])CC(F)(F)F)cc1Br. The molecule has 0 saturated carbocycles. The lowest BCUT2D eigenvalue weighted by Crippen LogP contribution is -2.38. The van der Waals surface area contributed by atoms with E-state index in [0.717, 1.165) is 5.56 Å². The predicted molar refractivity (Wildman–Crippen MR) is 104 cm³/mol. The molecule has 29 heavy (non-hydrogen) atoms. The van der Waals surface area contributed by atoms with Crippen LogP contribution in [0, 0.1) is 10.1 Å². The van der Waals surface area contributed by atoms with Crippen molar-refractivity contribution in [3.8, 4) is 5.75 Å². The lowest BCUT2D eigenvalue weighted by molar-refractivity contribution is -0.385. The van der Waals surface area contributed by atoms with E-state index in [0.29, 0.717) is 15.1 Å². The standard InChI is InChI=1S/C19H18BrF3N2O4/c1-29-17-8-6-13(10-15(17)20)7-9-18(26)24(12-19(21,22)23)11-14-4-2-3-5-16(14)25(27)28/h2-6,8,10H,7,9,11-12H2,1H3. The van der Waals surface area contributed by atoms with Crippen LogP contribution in [-0.4, -0.2) is 35.6 Å². The molecule has 0 atom stereocenters. The van der Waals surface area contributed by atoms with Crippen LogP contribution in [0.5, 0.6) is 5.75 Å². The number of para-hydroxylation sites is 1. The van der Waals surface area contributed by atoms with Crippen molar-refractivity contribution in [1.82, 2.24) is 4.90 Å². The molecule has 0 saturated heterocycles. The third kappa shape index (κ3) is 6.74. The molecule has 0 fully saturated rings. The molecule has 10 heteroatoms. The van der Waals surface area contributed by atoms with Gasteiger partial charge >= 0.3 is 6.18 Å². The normalized spacial score (nSPS) is 11.2. The van der Waals surface area contributed by atoms with Gasteiger partial charge in [-0.15, -0.1) is 0 Å². The van der Waals surface area contributed by atoms with Crippen LogP contribution >= 0.6 is 15.9 Å². The number of nitro benzene ring substituents is 1. The first-order valence-corrected chi connectivity index (χ1v) is 9.29. The number of hydrogen-bond donors (Lipinski definition) is 0. The van der Waals surface area contributed by atoms with Gasteiger partial charge in [0.2, 0.25) is 5.91 Å². The van der Waals surface area contributed by atoms with Gasteiger partial charge in [-0.3, -0.25) is 14.9 Å². The van der Waals surface area contributed by atoms with Gasteiger partial charge in [0.15, 0.2) is 0 Å². The van der Waals surface area contributed by atoms with Crippen molar-refractivity contribution in [2.75, 3.05) is 13.7 Å². The minimum atomic E-state index is -4.62. The van der Waals surface area contributed by atoms with Crippen LogP contribution in [0.1, 0.15) is 17.5 Å². The zero-order chi connectivity index (χ0) is 21.6. The number of benzene rings is 2. The molecule has 2 aromatic rings. The quantitative estimate of drug-likeness (QED) is 0.403. The largest absolute Gasteiger partial charge is 0.496 e. The molecule has 0 N–H and O–H groups in total. The summed E-state index contributed by atoms with van der Waals surface area (Å²) in [6.45, 7) is -1.98. The second kappa shape index (κ2) is 9.73. The Morgan fingerprint density at radius 1 is 1.24 bits per heavy atom. The van der Waals surface area contributed by atoms with Crippen LogP contribution in [0.25, 0.3) is 0 Å². The molecular weight excluding hydrogens is 457 g/mol. The maximum atomic E-state index is 13.0. The molecule has 0 aromatic heterocycles. The fourth-order valence-corrected chi connectivity index (χ4v) is 3.34. The summed E-state index contributed by atoms with van der Waals surface area (Å²) in [7, 11) is 1.50. The van der Waals surface area contributed by atoms with Crippen molar-refractivity contribution >= 4 is 27.5 Å². The number of amides is 1. The Kier molecular flexibility index (Phi) is 7.60. The summed E-state index contributed by atoms with van der Waals surface area (Å²) in [5.74, 6) is -0.150. The molecule has 6 nitrogen and oxygen atoms in total. The topological polar surface area (TPSA) is 72.7 Å². The number of nitrogens with zero attached hydrogens (tertiary/aromatic N) is 2. The number of carbonyl (C=O) groups excluding carboxylic acids is 1. The first-order valence-electron chi connectivity index (χ1n) is 8.50. The number of ether oxygens (including phenoxy) is 1. The number of alkyl halides is 3. The fraction of sp³-hybridized carbons (Fsp3) is 0.316. The van der Waals surface area contributed by atoms with E-state index in [9.17, 15) is 28.1 Å². The van der Waals surface area contributed by atoms with Gasteiger partial charge in [0.25, 0.3) is 5.69 Å². The van der Waals surface area contributed by atoms with Crippen LogP contribution in [0.15, 0.2) is 46.9 Å². The Bertz CT molecular complexity index is 890. The lowest BCUT2D eigenvalue weighted by atomic mass is 10.1. The zero-order valence-electron chi connectivity index (χ0n) is 15.4. The molecule has 0 unspecified atom stereocenters. The molecule has 0 heterocycles. The summed E-state index contributed by atoms with van der Waals surface area (Å²) in [5.41, 5.74) is 0.456. The Balaban J connectivity index is 2.16. The van der Waals surface area contributed by atoms with Crippen molar-refractivity contribution in [3.05, 3.63) is 68.2 Å². The van der Waals surface area contributed by atoms with Crippen molar-refractivity contribution in [1.29, 1.82) is 0 Å². The number of carbonyl (C=O) groups is 1. The summed E-state index contributed by atoms with van der Waals surface area (Å²) in [6.07, 6.45) is -4.58. The van der Waals surface area contributed by atoms with E-state index in [-0.39, 0.29) is 24.1 Å². The summed E-state index contributed by atoms with van der Waals surface area (Å²) < 4.78 is 44.7. The molecule has 0 radical (unpaired) electrons. The Morgan fingerprint density at radius 3 is 2.52 bits per heavy atom. The van der Waals surface area contributed by atoms with E-state index in [4.69, 9.17) is 4.74 Å². The van der Waals surface area contributed by atoms with E-state index in [1.165, 1.54) is 31.4 Å². The van der Waals surface area contributed by atoms with E-state index in [1.807, 2.05) is 0 Å². The number of halogens is 4. The summed E-state index contributed by atoms with van der Waals surface area (Å²) >= 11 is 3.32. The fourth-order valence-electron chi connectivity index (χ4n) is 2.75. The Morgan fingerprint density at radius 2 is 1.93 bits per heavy atom. The number of aryl methyl sites for hydroxylation is 1. The summed E-state index contributed by atoms with van der Waals surface area (Å²) in [6, 6.07) is 10.6. The van der Waals surface area contributed by atoms with Crippen molar-refractivity contribution in [2.45, 2.75) is 25.6 Å². The van der Waals surface area contributed by atoms with E-state index in [1.54, 1.807) is 18.2 Å².